The molecule has 0 saturated carbocycles. The van der Waals surface area contributed by atoms with Crippen LogP contribution in [0.3, 0.4) is 0 Å². The van der Waals surface area contributed by atoms with Crippen molar-refractivity contribution in [3.8, 4) is 0 Å². The van der Waals surface area contributed by atoms with Gasteiger partial charge in [0.05, 0.1) is 7.11 Å². The Morgan fingerprint density at radius 2 is 1.95 bits per heavy atom. The molecule has 1 aliphatic rings. The van der Waals surface area contributed by atoms with Crippen molar-refractivity contribution in [1.82, 2.24) is 9.80 Å². The van der Waals surface area contributed by atoms with E-state index in [-0.39, 0.29) is 17.8 Å². The third-order valence-corrected chi connectivity index (χ3v) is 4.03. The summed E-state index contributed by atoms with van der Waals surface area (Å²) in [5.41, 5.74) is 1.12. The van der Waals surface area contributed by atoms with Gasteiger partial charge in [-0.2, -0.15) is 0 Å². The summed E-state index contributed by atoms with van der Waals surface area (Å²) in [5.74, 6) is -0.380. The highest BCUT2D eigenvalue weighted by molar-refractivity contribution is 5.75. The molecule has 0 N–H and O–H groups in total. The molecule has 0 bridgehead atoms. The largest absolute Gasteiger partial charge is 0.468 e. The molecule has 1 heterocycles. The lowest BCUT2D eigenvalue weighted by molar-refractivity contribution is -0.146. The van der Waals surface area contributed by atoms with Crippen LogP contribution in [-0.4, -0.2) is 55.1 Å². The Kier molecular flexibility index (Phi) is 5.70. The lowest BCUT2D eigenvalue weighted by Gasteiger charge is -2.25. The Morgan fingerprint density at radius 3 is 2.62 bits per heavy atom. The van der Waals surface area contributed by atoms with E-state index in [1.54, 1.807) is 0 Å². The molecular weight excluding hydrogens is 271 g/mol. The van der Waals surface area contributed by atoms with Crippen LogP contribution in [0.2, 0.25) is 0 Å². The first-order valence-corrected chi connectivity index (χ1v) is 7.39. The van der Waals surface area contributed by atoms with E-state index in [9.17, 15) is 9.18 Å². The van der Waals surface area contributed by atoms with Crippen molar-refractivity contribution in [2.24, 2.45) is 0 Å². The van der Waals surface area contributed by atoms with Crippen LogP contribution in [0.4, 0.5) is 4.39 Å². The van der Waals surface area contributed by atoms with Crippen molar-refractivity contribution >= 4 is 5.97 Å². The van der Waals surface area contributed by atoms with Crippen molar-refractivity contribution in [3.05, 3.63) is 35.6 Å². The summed E-state index contributed by atoms with van der Waals surface area (Å²) < 4.78 is 17.7. The van der Waals surface area contributed by atoms with Gasteiger partial charge in [-0.15, -0.1) is 0 Å². The Balaban J connectivity index is 1.88. The predicted molar refractivity (Wildman–Crippen MR) is 79.3 cm³/mol. The zero-order valence-electron chi connectivity index (χ0n) is 12.7. The first-order valence-electron chi connectivity index (χ1n) is 7.39. The van der Waals surface area contributed by atoms with Gasteiger partial charge in [-0.25, -0.2) is 4.39 Å². The zero-order valence-corrected chi connectivity index (χ0v) is 12.7. The molecule has 5 heteroatoms. The molecule has 1 fully saturated rings. The van der Waals surface area contributed by atoms with E-state index in [1.165, 1.54) is 19.2 Å². The van der Waals surface area contributed by atoms with Gasteiger partial charge in [0.15, 0.2) is 0 Å². The summed E-state index contributed by atoms with van der Waals surface area (Å²) in [4.78, 5) is 16.1. The van der Waals surface area contributed by atoms with E-state index >= 15 is 0 Å². The second kappa shape index (κ2) is 7.52. The van der Waals surface area contributed by atoms with E-state index in [1.807, 2.05) is 19.1 Å². The van der Waals surface area contributed by atoms with Gasteiger partial charge in [0.25, 0.3) is 0 Å². The number of methoxy groups -OCH3 is 1. The fourth-order valence-electron chi connectivity index (χ4n) is 2.70. The minimum atomic E-state index is -0.201. The van der Waals surface area contributed by atoms with Crippen molar-refractivity contribution in [2.45, 2.75) is 25.9 Å². The smallest absolute Gasteiger partial charge is 0.322 e. The SMILES string of the molecule is COC(=O)C(C)N1CCCN(Cc2ccc(F)cc2)CC1. The van der Waals surface area contributed by atoms with Crippen LogP contribution in [0.5, 0.6) is 0 Å². The van der Waals surface area contributed by atoms with Crippen molar-refractivity contribution in [3.63, 3.8) is 0 Å². The van der Waals surface area contributed by atoms with Crippen molar-refractivity contribution < 1.29 is 13.9 Å². The average molecular weight is 294 g/mol. The molecule has 1 aliphatic heterocycles. The van der Waals surface area contributed by atoms with E-state index in [0.717, 1.165) is 44.7 Å². The minimum absolute atomic E-state index is 0.179. The van der Waals surface area contributed by atoms with Crippen molar-refractivity contribution in [1.29, 1.82) is 0 Å². The van der Waals surface area contributed by atoms with Crippen LogP contribution in [0.15, 0.2) is 24.3 Å². The first-order chi connectivity index (χ1) is 10.1. The quantitative estimate of drug-likeness (QED) is 0.794. The number of hydrogen-bond donors (Lipinski definition) is 0. The highest BCUT2D eigenvalue weighted by Crippen LogP contribution is 2.12. The number of hydrogen-bond acceptors (Lipinski definition) is 4. The molecule has 0 amide bonds. The molecule has 4 nitrogen and oxygen atoms in total. The summed E-state index contributed by atoms with van der Waals surface area (Å²) in [6.45, 7) is 6.34. The van der Waals surface area contributed by atoms with Gasteiger partial charge in [-0.1, -0.05) is 12.1 Å². The molecule has 0 spiro atoms. The molecule has 1 atom stereocenters. The monoisotopic (exact) mass is 294 g/mol. The maximum Gasteiger partial charge on any atom is 0.322 e. The molecule has 21 heavy (non-hydrogen) atoms. The Hall–Kier alpha value is -1.46. The number of carbonyl (C=O) groups excluding carboxylic acids is 1. The lowest BCUT2D eigenvalue weighted by atomic mass is 10.2. The van der Waals surface area contributed by atoms with Crippen molar-refractivity contribution in [2.75, 3.05) is 33.3 Å². The standard InChI is InChI=1S/C16H23FN2O2/c1-13(16(20)21-2)19-9-3-8-18(10-11-19)12-14-4-6-15(17)7-5-14/h4-7,13H,3,8-12H2,1-2H3. The average Bonchev–Trinajstić information content (AvgIpc) is 2.73. The number of nitrogens with zero attached hydrogens (tertiary/aromatic N) is 2. The Labute approximate surface area is 125 Å². The van der Waals surface area contributed by atoms with E-state index in [4.69, 9.17) is 4.74 Å². The number of ether oxygens (including phenoxy) is 1. The molecule has 1 saturated heterocycles. The number of esters is 1. The summed E-state index contributed by atoms with van der Waals surface area (Å²) >= 11 is 0. The summed E-state index contributed by atoms with van der Waals surface area (Å²) in [5, 5.41) is 0. The molecule has 1 aromatic rings. The van der Waals surface area contributed by atoms with Gasteiger partial charge in [0.1, 0.15) is 11.9 Å². The highest BCUT2D eigenvalue weighted by Gasteiger charge is 2.24. The topological polar surface area (TPSA) is 32.8 Å². The summed E-state index contributed by atoms with van der Waals surface area (Å²) in [7, 11) is 1.43. The van der Waals surface area contributed by atoms with Gasteiger partial charge in [-0.3, -0.25) is 14.6 Å². The third-order valence-electron chi connectivity index (χ3n) is 4.03. The number of rotatable bonds is 4. The third kappa shape index (κ3) is 4.51. The van der Waals surface area contributed by atoms with Gasteiger partial charge < -0.3 is 4.74 Å². The highest BCUT2D eigenvalue weighted by atomic mass is 19.1. The molecule has 0 radical (unpaired) electrons. The van der Waals surface area contributed by atoms with Crippen LogP contribution < -0.4 is 0 Å². The van der Waals surface area contributed by atoms with E-state index in [2.05, 4.69) is 9.80 Å². The molecule has 0 aromatic heterocycles. The normalized spacial score (nSPS) is 19.0. The lowest BCUT2D eigenvalue weighted by Crippen LogP contribution is -2.41. The van der Waals surface area contributed by atoms with Gasteiger partial charge >= 0.3 is 5.97 Å². The van der Waals surface area contributed by atoms with Crippen LogP contribution in [0.25, 0.3) is 0 Å². The summed E-state index contributed by atoms with van der Waals surface area (Å²) in [6, 6.07) is 6.46. The number of benzene rings is 1. The molecule has 1 aromatic carbocycles. The second-order valence-electron chi connectivity index (χ2n) is 5.49. The Bertz CT molecular complexity index is 464. The molecule has 0 aliphatic carbocycles. The molecule has 116 valence electrons. The van der Waals surface area contributed by atoms with Gasteiger partial charge in [0.2, 0.25) is 0 Å². The summed E-state index contributed by atoms with van der Waals surface area (Å²) in [6.07, 6.45) is 1.02. The fraction of sp³-hybridized carbons (Fsp3) is 0.562. The van der Waals surface area contributed by atoms with Crippen LogP contribution in [-0.2, 0) is 16.1 Å². The van der Waals surface area contributed by atoms with Crippen LogP contribution in [0, 0.1) is 5.82 Å². The molecule has 1 unspecified atom stereocenters. The van der Waals surface area contributed by atoms with Gasteiger partial charge in [0, 0.05) is 26.2 Å². The van der Waals surface area contributed by atoms with Gasteiger partial charge in [-0.05, 0) is 37.6 Å². The number of carbonyl (C=O) groups is 1. The number of halogens is 1. The minimum Gasteiger partial charge on any atom is -0.468 e. The predicted octanol–water partition coefficient (Wildman–Crippen LogP) is 1.89. The Morgan fingerprint density at radius 1 is 1.24 bits per heavy atom. The van der Waals surface area contributed by atoms with Crippen LogP contribution >= 0.6 is 0 Å². The van der Waals surface area contributed by atoms with Crippen LogP contribution in [0.1, 0.15) is 18.9 Å². The maximum atomic E-state index is 12.9. The van der Waals surface area contributed by atoms with E-state index < -0.39 is 0 Å². The first kappa shape index (κ1) is 15.9. The molecular formula is C16H23FN2O2. The van der Waals surface area contributed by atoms with E-state index in [0.29, 0.717) is 0 Å². The molecule has 2 rings (SSSR count). The fourth-order valence-corrected chi connectivity index (χ4v) is 2.70. The second-order valence-corrected chi connectivity index (χ2v) is 5.49. The zero-order chi connectivity index (χ0) is 15.2. The maximum absolute atomic E-state index is 12.9.